The Kier molecular flexibility index (Phi) is 9.36. The molecule has 7 heteroatoms. The number of carbonyl (C=O) groups is 2. The fourth-order valence-corrected chi connectivity index (χ4v) is 1.83. The molecule has 0 aliphatic rings. The number of allylic oxidation sites excluding steroid dienone is 2. The average Bonchev–Trinajstić information content (AvgIpc) is 2.46. The van der Waals surface area contributed by atoms with Crippen LogP contribution in [0.25, 0.3) is 0 Å². The minimum atomic E-state index is -0.922. The molecule has 0 radical (unpaired) electrons. The zero-order chi connectivity index (χ0) is 17.1. The fraction of sp³-hybridized carbons (Fsp3) is 0.267. The molecule has 6 nitrogen and oxygen atoms in total. The van der Waals surface area contributed by atoms with E-state index in [1.807, 2.05) is 25.5 Å². The third-order valence-electron chi connectivity index (χ3n) is 2.30. The van der Waals surface area contributed by atoms with Crippen LogP contribution in [-0.2, 0) is 6.42 Å². The molecule has 0 atom stereocenters. The van der Waals surface area contributed by atoms with Crippen LogP contribution in [-0.4, -0.2) is 18.6 Å². The molecule has 0 fully saturated rings. The second-order valence-corrected chi connectivity index (χ2v) is 4.56. The maximum atomic E-state index is 11.4. The maximum Gasteiger partial charge on any atom is 0.337 e. The van der Waals surface area contributed by atoms with Gasteiger partial charge in [-0.2, -0.15) is 0 Å². The van der Waals surface area contributed by atoms with Crippen molar-refractivity contribution < 1.29 is 14.0 Å². The van der Waals surface area contributed by atoms with Crippen LogP contribution >= 0.6 is 11.8 Å². The van der Waals surface area contributed by atoms with Gasteiger partial charge in [-0.25, -0.2) is 9.59 Å². The summed E-state index contributed by atoms with van der Waals surface area (Å²) in [6.45, 7) is 7.82. The van der Waals surface area contributed by atoms with Crippen LogP contribution in [0.3, 0.4) is 0 Å². The summed E-state index contributed by atoms with van der Waals surface area (Å²) in [7, 11) is 0. The third kappa shape index (κ3) is 6.45. The van der Waals surface area contributed by atoms with Gasteiger partial charge in [0.1, 0.15) is 0 Å². The summed E-state index contributed by atoms with van der Waals surface area (Å²) in [5.41, 5.74) is 5.46. The normalized spacial score (nSPS) is 9.77. The summed E-state index contributed by atoms with van der Waals surface area (Å²) in [4.78, 5) is 33.4. The number of nitrogens with one attached hydrogen (secondary N) is 1. The Balaban J connectivity index is 0.00000211. The van der Waals surface area contributed by atoms with E-state index >= 15 is 0 Å². The number of nitrogens with two attached hydrogens (primary N) is 1. The summed E-state index contributed by atoms with van der Waals surface area (Å²) >= 11 is 1.50. The molecule has 1 heterocycles. The predicted molar refractivity (Wildman–Crippen MR) is 90.4 cm³/mol. The molecule has 1 aromatic heterocycles. The van der Waals surface area contributed by atoms with Crippen molar-refractivity contribution in [3.63, 3.8) is 0 Å². The van der Waals surface area contributed by atoms with Crippen LogP contribution in [0.5, 0.6) is 0 Å². The Bertz CT molecular complexity index is 620. The van der Waals surface area contributed by atoms with Crippen LogP contribution in [0.1, 0.15) is 29.8 Å². The van der Waals surface area contributed by atoms with Crippen molar-refractivity contribution in [3.8, 4) is 0 Å². The third-order valence-corrected chi connectivity index (χ3v) is 2.71. The van der Waals surface area contributed by atoms with Gasteiger partial charge in [-0.15, -0.1) is 11.8 Å². The van der Waals surface area contributed by atoms with E-state index in [-0.39, 0.29) is 17.9 Å². The maximum absolute atomic E-state index is 11.4. The summed E-state index contributed by atoms with van der Waals surface area (Å²) in [5.74, 6) is -0.253. The topological polar surface area (TPSA) is 102 Å². The molecule has 0 unspecified atom stereocenters. The van der Waals surface area contributed by atoms with Crippen LogP contribution in [0, 0.1) is 0 Å². The minimum absolute atomic E-state index is 0.0714. The first-order valence-electron chi connectivity index (χ1n) is 6.53. The number of hydrogen-bond donors (Lipinski definition) is 2. The van der Waals surface area contributed by atoms with Gasteiger partial charge in [0.2, 0.25) is 5.88 Å². The summed E-state index contributed by atoms with van der Waals surface area (Å²) in [5, 5.41) is 3.94. The van der Waals surface area contributed by atoms with Crippen molar-refractivity contribution in [2.24, 2.45) is 5.73 Å². The Morgan fingerprint density at radius 3 is 2.64 bits per heavy atom. The molecule has 0 aromatic carbocycles. The number of urea groups is 1. The number of carbonyl (C=O) groups excluding carboxylic acids is 2. The molecule has 0 spiro atoms. The molecular formula is C15H20N2O4S. The molecule has 1 rings (SSSR count). The SMILES string of the molecule is C=C(/C=C\SC)Cc1cc(=O)oc(NC(N)=O)c1C=O.CC. The molecule has 1 aromatic rings. The summed E-state index contributed by atoms with van der Waals surface area (Å²) in [6, 6.07) is 0.267. The monoisotopic (exact) mass is 324 g/mol. The van der Waals surface area contributed by atoms with E-state index in [1.54, 1.807) is 6.08 Å². The predicted octanol–water partition coefficient (Wildman–Crippen LogP) is 2.94. The van der Waals surface area contributed by atoms with Gasteiger partial charge < -0.3 is 10.2 Å². The quantitative estimate of drug-likeness (QED) is 0.618. The highest BCUT2D eigenvalue weighted by atomic mass is 32.2. The van der Waals surface area contributed by atoms with Gasteiger partial charge >= 0.3 is 11.7 Å². The van der Waals surface area contributed by atoms with Gasteiger partial charge in [0.05, 0.1) is 5.56 Å². The van der Waals surface area contributed by atoms with E-state index in [0.29, 0.717) is 17.4 Å². The molecule has 0 bridgehead atoms. The van der Waals surface area contributed by atoms with E-state index in [2.05, 4.69) is 11.9 Å². The van der Waals surface area contributed by atoms with E-state index in [0.717, 1.165) is 0 Å². The van der Waals surface area contributed by atoms with Crippen LogP contribution in [0.4, 0.5) is 10.7 Å². The first kappa shape index (κ1) is 19.7. The zero-order valence-corrected chi connectivity index (χ0v) is 13.7. The molecule has 0 aliphatic heterocycles. The fourth-order valence-electron chi connectivity index (χ4n) is 1.50. The minimum Gasteiger partial charge on any atom is -0.405 e. The lowest BCUT2D eigenvalue weighted by Gasteiger charge is -2.08. The van der Waals surface area contributed by atoms with Crippen molar-refractivity contribution >= 4 is 30.0 Å². The zero-order valence-electron chi connectivity index (χ0n) is 12.8. The lowest BCUT2D eigenvalue weighted by molar-refractivity contribution is 0.112. The smallest absolute Gasteiger partial charge is 0.337 e. The van der Waals surface area contributed by atoms with E-state index in [4.69, 9.17) is 10.2 Å². The average molecular weight is 324 g/mol. The molecular weight excluding hydrogens is 304 g/mol. The van der Waals surface area contributed by atoms with E-state index in [9.17, 15) is 14.4 Å². The number of rotatable bonds is 6. The van der Waals surface area contributed by atoms with Gasteiger partial charge in [0.15, 0.2) is 6.29 Å². The van der Waals surface area contributed by atoms with Crippen LogP contribution in [0.15, 0.2) is 38.9 Å². The molecule has 22 heavy (non-hydrogen) atoms. The van der Waals surface area contributed by atoms with Crippen molar-refractivity contribution in [3.05, 3.63) is 51.2 Å². The lowest BCUT2D eigenvalue weighted by atomic mass is 10.0. The highest BCUT2D eigenvalue weighted by molar-refractivity contribution is 8.01. The largest absolute Gasteiger partial charge is 0.405 e. The van der Waals surface area contributed by atoms with Crippen LogP contribution < -0.4 is 16.7 Å². The van der Waals surface area contributed by atoms with Gasteiger partial charge in [0.25, 0.3) is 0 Å². The first-order chi connectivity index (χ1) is 10.5. The molecule has 0 saturated heterocycles. The first-order valence-corrected chi connectivity index (χ1v) is 7.82. The lowest BCUT2D eigenvalue weighted by Crippen LogP contribution is -2.22. The van der Waals surface area contributed by atoms with Crippen LogP contribution in [0.2, 0.25) is 0 Å². The van der Waals surface area contributed by atoms with Gasteiger partial charge in [-0.1, -0.05) is 32.1 Å². The molecule has 120 valence electrons. The van der Waals surface area contributed by atoms with E-state index < -0.39 is 11.7 Å². The molecule has 2 amide bonds. The molecule has 3 N–H and O–H groups in total. The Morgan fingerprint density at radius 2 is 2.14 bits per heavy atom. The molecule has 0 aliphatic carbocycles. The number of anilines is 1. The highest BCUT2D eigenvalue weighted by Crippen LogP contribution is 2.19. The van der Waals surface area contributed by atoms with Crippen molar-refractivity contribution in [2.75, 3.05) is 11.6 Å². The Hall–Kier alpha value is -2.28. The van der Waals surface area contributed by atoms with Crippen molar-refractivity contribution in [1.82, 2.24) is 0 Å². The summed E-state index contributed by atoms with van der Waals surface area (Å²) < 4.78 is 4.76. The summed E-state index contributed by atoms with van der Waals surface area (Å²) in [6.07, 6.45) is 4.45. The van der Waals surface area contributed by atoms with Gasteiger partial charge in [-0.3, -0.25) is 10.1 Å². The van der Waals surface area contributed by atoms with Gasteiger partial charge in [0, 0.05) is 6.07 Å². The number of amides is 2. The Labute approximate surface area is 133 Å². The second-order valence-electron chi connectivity index (χ2n) is 3.81. The van der Waals surface area contributed by atoms with Gasteiger partial charge in [-0.05, 0) is 23.6 Å². The molecule has 0 saturated carbocycles. The van der Waals surface area contributed by atoms with E-state index in [1.165, 1.54) is 17.8 Å². The Morgan fingerprint density at radius 1 is 1.50 bits per heavy atom. The number of hydrogen-bond acceptors (Lipinski definition) is 5. The standard InChI is InChI=1S/C13H14N2O4S.C2H6/c1-8(3-4-20-2)5-9-6-11(17)19-12(10(9)7-16)15-13(14)18;1-2/h3-4,6-7H,1,5H2,2H3,(H3,14,15,18);1-2H3/b4-3-;. The number of aldehydes is 1. The number of thioether (sulfide) groups is 1. The highest BCUT2D eigenvalue weighted by Gasteiger charge is 2.14. The van der Waals surface area contributed by atoms with Crippen molar-refractivity contribution in [1.29, 1.82) is 0 Å². The number of primary amides is 1. The second kappa shape index (κ2) is 10.4. The van der Waals surface area contributed by atoms with Crippen molar-refractivity contribution in [2.45, 2.75) is 20.3 Å².